The highest BCUT2D eigenvalue weighted by molar-refractivity contribution is 7.92. The summed E-state index contributed by atoms with van der Waals surface area (Å²) in [4.78, 5) is 16.1. The molecule has 21 heavy (non-hydrogen) atoms. The first kappa shape index (κ1) is 16.2. The van der Waals surface area contributed by atoms with Crippen LogP contribution in [0.1, 0.15) is 31.4 Å². The van der Waals surface area contributed by atoms with E-state index in [0.717, 1.165) is 43.3 Å². The van der Waals surface area contributed by atoms with Crippen LogP contribution in [-0.2, 0) is 21.2 Å². The van der Waals surface area contributed by atoms with Gasteiger partial charge in [0.2, 0.25) is 15.9 Å². The van der Waals surface area contributed by atoms with E-state index < -0.39 is 15.6 Å². The second kappa shape index (κ2) is 6.29. The van der Waals surface area contributed by atoms with Crippen molar-refractivity contribution in [3.05, 3.63) is 11.1 Å². The number of carbonyl (C=O) groups is 1. The summed E-state index contributed by atoms with van der Waals surface area (Å²) in [7, 11) is -3.36. The Kier molecular flexibility index (Phi) is 4.84. The number of aliphatic hydroxyl groups is 1. The van der Waals surface area contributed by atoms with E-state index in [4.69, 9.17) is 0 Å². The molecule has 0 aromatic carbocycles. The third kappa shape index (κ3) is 4.65. The number of anilines is 1. The highest BCUT2D eigenvalue weighted by Gasteiger charge is 2.34. The number of aromatic nitrogens is 1. The van der Waals surface area contributed by atoms with Crippen molar-refractivity contribution in [1.29, 1.82) is 0 Å². The summed E-state index contributed by atoms with van der Waals surface area (Å²) >= 11 is 1.14. The SMILES string of the molecule is CS(=O)(=O)Nc1nc(CC(=O)NC2(CO)CCCC2)cs1. The fourth-order valence-corrected chi connectivity index (χ4v) is 4.04. The predicted molar refractivity (Wildman–Crippen MR) is 80.7 cm³/mol. The molecule has 3 N–H and O–H groups in total. The standard InChI is InChI=1S/C12H19N3O4S2/c1-21(18,19)15-11-13-9(7-20-11)6-10(17)14-12(8-16)4-2-3-5-12/h7,16H,2-6,8H2,1H3,(H,13,15)(H,14,17). The molecule has 1 aromatic rings. The van der Waals surface area contributed by atoms with Crippen LogP contribution in [-0.4, -0.2) is 42.8 Å². The number of hydrogen-bond donors (Lipinski definition) is 3. The maximum Gasteiger partial charge on any atom is 0.231 e. The largest absolute Gasteiger partial charge is 0.394 e. The zero-order valence-electron chi connectivity index (χ0n) is 11.8. The third-order valence-electron chi connectivity index (χ3n) is 3.43. The number of sulfonamides is 1. The van der Waals surface area contributed by atoms with E-state index in [0.29, 0.717) is 5.69 Å². The number of carbonyl (C=O) groups excluding carboxylic acids is 1. The minimum atomic E-state index is -3.36. The van der Waals surface area contributed by atoms with Crippen LogP contribution >= 0.6 is 11.3 Å². The van der Waals surface area contributed by atoms with E-state index in [2.05, 4.69) is 15.0 Å². The lowest BCUT2D eigenvalue weighted by Crippen LogP contribution is -2.49. The van der Waals surface area contributed by atoms with Gasteiger partial charge >= 0.3 is 0 Å². The highest BCUT2D eigenvalue weighted by Crippen LogP contribution is 2.29. The first-order valence-corrected chi connectivity index (χ1v) is 9.43. The van der Waals surface area contributed by atoms with Crippen molar-refractivity contribution < 1.29 is 18.3 Å². The van der Waals surface area contributed by atoms with Crippen molar-refractivity contribution >= 4 is 32.4 Å². The van der Waals surface area contributed by atoms with Crippen LogP contribution < -0.4 is 10.0 Å². The van der Waals surface area contributed by atoms with Crippen molar-refractivity contribution in [3.8, 4) is 0 Å². The third-order valence-corrected chi connectivity index (χ3v) is 4.93. The van der Waals surface area contributed by atoms with Crippen LogP contribution in [0.25, 0.3) is 0 Å². The molecule has 118 valence electrons. The molecule has 0 atom stereocenters. The van der Waals surface area contributed by atoms with Gasteiger partial charge in [0.05, 0.1) is 30.5 Å². The summed E-state index contributed by atoms with van der Waals surface area (Å²) in [6.45, 7) is -0.0588. The molecule has 1 aromatic heterocycles. The zero-order chi connectivity index (χ0) is 15.5. The first-order chi connectivity index (χ1) is 9.82. The Morgan fingerprint density at radius 2 is 2.14 bits per heavy atom. The van der Waals surface area contributed by atoms with Gasteiger partial charge in [-0.1, -0.05) is 12.8 Å². The topological polar surface area (TPSA) is 108 Å². The summed E-state index contributed by atoms with van der Waals surface area (Å²) < 4.78 is 24.5. The molecule has 1 saturated carbocycles. The average Bonchev–Trinajstić information content (AvgIpc) is 2.98. The Labute approximate surface area is 127 Å². The molecular weight excluding hydrogens is 314 g/mol. The summed E-state index contributed by atoms with van der Waals surface area (Å²) in [6.07, 6.45) is 4.69. The van der Waals surface area contributed by atoms with Gasteiger partial charge in [0, 0.05) is 5.38 Å². The number of rotatable bonds is 6. The molecular formula is C12H19N3O4S2. The lowest BCUT2D eigenvalue weighted by atomic mass is 9.98. The molecule has 7 nitrogen and oxygen atoms in total. The second-order valence-corrected chi connectivity index (χ2v) is 8.00. The molecule has 0 bridgehead atoms. The number of aliphatic hydroxyl groups excluding tert-OH is 1. The van der Waals surface area contributed by atoms with Crippen LogP contribution in [0.4, 0.5) is 5.13 Å². The first-order valence-electron chi connectivity index (χ1n) is 6.66. The van der Waals surface area contributed by atoms with Crippen LogP contribution in [0.5, 0.6) is 0 Å². The number of amides is 1. The number of nitrogens with one attached hydrogen (secondary N) is 2. The van der Waals surface area contributed by atoms with Gasteiger partial charge < -0.3 is 10.4 Å². The second-order valence-electron chi connectivity index (χ2n) is 5.39. The highest BCUT2D eigenvalue weighted by atomic mass is 32.2. The Bertz CT molecular complexity index is 606. The molecule has 0 aliphatic heterocycles. The molecule has 0 radical (unpaired) electrons. The Morgan fingerprint density at radius 1 is 1.48 bits per heavy atom. The van der Waals surface area contributed by atoms with Crippen molar-refractivity contribution in [3.63, 3.8) is 0 Å². The minimum absolute atomic E-state index is 0.0588. The van der Waals surface area contributed by atoms with E-state index in [1.54, 1.807) is 5.38 Å². The van der Waals surface area contributed by atoms with Gasteiger partial charge in [0.1, 0.15) is 0 Å². The molecule has 1 fully saturated rings. The Hall–Kier alpha value is -1.19. The van der Waals surface area contributed by atoms with Gasteiger partial charge in [-0.05, 0) is 12.8 Å². The van der Waals surface area contributed by atoms with Crippen LogP contribution in [0.3, 0.4) is 0 Å². The van der Waals surface area contributed by atoms with Gasteiger partial charge in [-0.3, -0.25) is 9.52 Å². The summed E-state index contributed by atoms with van der Waals surface area (Å²) in [5.74, 6) is -0.206. The van der Waals surface area contributed by atoms with Crippen LogP contribution in [0.2, 0.25) is 0 Å². The summed E-state index contributed by atoms with van der Waals surface area (Å²) in [6, 6.07) is 0. The van der Waals surface area contributed by atoms with Crippen molar-refractivity contribution in [2.24, 2.45) is 0 Å². The normalized spacial score (nSPS) is 17.6. The maximum absolute atomic E-state index is 12.0. The van der Waals surface area contributed by atoms with Gasteiger partial charge in [-0.2, -0.15) is 0 Å². The monoisotopic (exact) mass is 333 g/mol. The van der Waals surface area contributed by atoms with Gasteiger partial charge in [-0.15, -0.1) is 11.3 Å². The predicted octanol–water partition coefficient (Wildman–Crippen LogP) is 0.478. The molecule has 0 spiro atoms. The molecule has 1 amide bonds. The lowest BCUT2D eigenvalue weighted by Gasteiger charge is -2.27. The minimum Gasteiger partial charge on any atom is -0.394 e. The van der Waals surface area contributed by atoms with Gasteiger partial charge in [0.15, 0.2) is 5.13 Å². The lowest BCUT2D eigenvalue weighted by molar-refractivity contribution is -0.123. The number of hydrogen-bond acceptors (Lipinski definition) is 6. The molecule has 2 rings (SSSR count). The van der Waals surface area contributed by atoms with Crippen LogP contribution in [0, 0.1) is 0 Å². The van der Waals surface area contributed by atoms with Crippen molar-refractivity contribution in [2.75, 3.05) is 17.6 Å². The zero-order valence-corrected chi connectivity index (χ0v) is 13.4. The fraction of sp³-hybridized carbons (Fsp3) is 0.667. The molecule has 1 heterocycles. The summed E-state index contributed by atoms with van der Waals surface area (Å²) in [5.41, 5.74) is 0.00995. The van der Waals surface area contributed by atoms with E-state index in [9.17, 15) is 18.3 Å². The summed E-state index contributed by atoms with van der Waals surface area (Å²) in [5, 5.41) is 14.2. The van der Waals surface area contributed by atoms with Gasteiger partial charge in [-0.25, -0.2) is 13.4 Å². The quantitative estimate of drug-likeness (QED) is 0.701. The fourth-order valence-electron chi connectivity index (χ4n) is 2.47. The van der Waals surface area contributed by atoms with Crippen LogP contribution in [0.15, 0.2) is 5.38 Å². The Balaban J connectivity index is 1.94. The van der Waals surface area contributed by atoms with Crippen molar-refractivity contribution in [2.45, 2.75) is 37.6 Å². The molecule has 1 aliphatic rings. The van der Waals surface area contributed by atoms with E-state index in [1.807, 2.05) is 0 Å². The smallest absolute Gasteiger partial charge is 0.231 e. The molecule has 9 heteroatoms. The van der Waals surface area contributed by atoms with Crippen molar-refractivity contribution in [1.82, 2.24) is 10.3 Å². The van der Waals surface area contributed by atoms with E-state index >= 15 is 0 Å². The molecule has 1 aliphatic carbocycles. The maximum atomic E-state index is 12.0. The van der Waals surface area contributed by atoms with E-state index in [1.165, 1.54) is 0 Å². The molecule has 0 unspecified atom stereocenters. The molecule has 0 saturated heterocycles. The van der Waals surface area contributed by atoms with E-state index in [-0.39, 0.29) is 24.1 Å². The number of nitrogens with zero attached hydrogens (tertiary/aromatic N) is 1. The van der Waals surface area contributed by atoms with Gasteiger partial charge in [0.25, 0.3) is 0 Å². The number of thiazole rings is 1. The average molecular weight is 333 g/mol. The Morgan fingerprint density at radius 3 is 2.71 bits per heavy atom.